The number of nitrogens with zero attached hydrogens (tertiary/aromatic N) is 1. The summed E-state index contributed by atoms with van der Waals surface area (Å²) in [5, 5.41) is 8.68. The lowest BCUT2D eigenvalue weighted by molar-refractivity contribution is 0.0988. The Kier molecular flexibility index (Phi) is 5.96. The van der Waals surface area contributed by atoms with Gasteiger partial charge in [0.05, 0.1) is 19.3 Å². The third-order valence-electron chi connectivity index (χ3n) is 2.84. The highest BCUT2D eigenvalue weighted by Gasteiger charge is 2.12. The van der Waals surface area contributed by atoms with Gasteiger partial charge in [0, 0.05) is 13.5 Å². The Bertz CT molecular complexity index is 417. The van der Waals surface area contributed by atoms with Crippen LogP contribution in [0.4, 0.5) is 0 Å². The minimum absolute atomic E-state index is 0.0354. The molecule has 0 aliphatic rings. The molecule has 1 aromatic carbocycles. The summed E-state index contributed by atoms with van der Waals surface area (Å²) in [4.78, 5) is 0. The topological polar surface area (TPSA) is 42.2 Å². The summed E-state index contributed by atoms with van der Waals surface area (Å²) in [5.74, 6) is 1.03. The highest BCUT2D eigenvalue weighted by molar-refractivity contribution is 5.51. The first-order valence-electron chi connectivity index (χ1n) is 5.93. The van der Waals surface area contributed by atoms with Crippen LogP contribution in [0.2, 0.25) is 0 Å². The summed E-state index contributed by atoms with van der Waals surface area (Å²) >= 11 is 0. The van der Waals surface area contributed by atoms with Crippen LogP contribution in [0.25, 0.3) is 6.08 Å². The molecule has 0 amide bonds. The summed E-state index contributed by atoms with van der Waals surface area (Å²) in [6, 6.07) is 9.97. The quantitative estimate of drug-likeness (QED) is 0.772. The van der Waals surface area contributed by atoms with Gasteiger partial charge in [-0.15, -0.1) is 0 Å². The maximum Gasteiger partial charge on any atom is 0.118 e. The van der Waals surface area contributed by atoms with E-state index in [1.807, 2.05) is 43.3 Å². The predicted octanol–water partition coefficient (Wildman–Crippen LogP) is 3.27. The summed E-state index contributed by atoms with van der Waals surface area (Å²) in [5.41, 5.74) is 1.09. The molecule has 0 N–H and O–H groups in total. The van der Waals surface area contributed by atoms with Crippen molar-refractivity contribution in [2.24, 2.45) is 5.92 Å². The zero-order valence-electron chi connectivity index (χ0n) is 11.1. The molecule has 0 fully saturated rings. The smallest absolute Gasteiger partial charge is 0.118 e. The Morgan fingerprint density at radius 3 is 2.44 bits per heavy atom. The number of ether oxygens (including phenoxy) is 2. The maximum atomic E-state index is 8.68. The van der Waals surface area contributed by atoms with Crippen LogP contribution >= 0.6 is 0 Å². The van der Waals surface area contributed by atoms with E-state index in [1.54, 1.807) is 14.2 Å². The number of hydrogen-bond donors (Lipinski definition) is 0. The van der Waals surface area contributed by atoms with Crippen molar-refractivity contribution in [3.63, 3.8) is 0 Å². The molecule has 0 spiro atoms. The molecule has 0 saturated heterocycles. The van der Waals surface area contributed by atoms with E-state index in [4.69, 9.17) is 14.7 Å². The zero-order chi connectivity index (χ0) is 13.4. The van der Waals surface area contributed by atoms with Crippen LogP contribution in [0.1, 0.15) is 18.9 Å². The second-order valence-electron chi connectivity index (χ2n) is 4.17. The summed E-state index contributed by atoms with van der Waals surface area (Å²) in [6.07, 6.45) is 4.45. The van der Waals surface area contributed by atoms with Gasteiger partial charge in [0.15, 0.2) is 0 Å². The van der Waals surface area contributed by atoms with E-state index in [0.717, 1.165) is 11.3 Å². The normalized spacial score (nSPS) is 14.1. The van der Waals surface area contributed by atoms with Gasteiger partial charge in [-0.1, -0.05) is 31.2 Å². The third-order valence-corrected chi connectivity index (χ3v) is 2.84. The van der Waals surface area contributed by atoms with E-state index >= 15 is 0 Å². The van der Waals surface area contributed by atoms with E-state index < -0.39 is 0 Å². The second-order valence-corrected chi connectivity index (χ2v) is 4.17. The molecule has 0 aromatic heterocycles. The molecule has 0 aliphatic carbocycles. The van der Waals surface area contributed by atoms with Crippen molar-refractivity contribution in [3.05, 3.63) is 35.9 Å². The van der Waals surface area contributed by atoms with Crippen molar-refractivity contribution >= 4 is 6.08 Å². The summed E-state index contributed by atoms with van der Waals surface area (Å²) in [7, 11) is 3.31. The van der Waals surface area contributed by atoms with Crippen molar-refractivity contribution < 1.29 is 9.47 Å². The van der Waals surface area contributed by atoms with E-state index in [9.17, 15) is 0 Å². The summed E-state index contributed by atoms with van der Waals surface area (Å²) < 4.78 is 10.5. The molecule has 2 atom stereocenters. The lowest BCUT2D eigenvalue weighted by atomic mass is 10.0. The SMILES string of the molecule is COc1ccc(/C=C/[C@@H](OC)[C@H](C)CC#N)cc1. The van der Waals surface area contributed by atoms with Crippen molar-refractivity contribution in [3.8, 4) is 11.8 Å². The van der Waals surface area contributed by atoms with Crippen molar-refractivity contribution in [2.45, 2.75) is 19.4 Å². The number of methoxy groups -OCH3 is 2. The monoisotopic (exact) mass is 245 g/mol. The molecule has 3 nitrogen and oxygen atoms in total. The first-order valence-corrected chi connectivity index (χ1v) is 5.93. The molecule has 96 valence electrons. The molecular formula is C15H19NO2. The Labute approximate surface area is 109 Å². The van der Waals surface area contributed by atoms with Gasteiger partial charge >= 0.3 is 0 Å². The second kappa shape index (κ2) is 7.52. The average molecular weight is 245 g/mol. The average Bonchev–Trinajstić information content (AvgIpc) is 2.40. The molecule has 3 heteroatoms. The fourth-order valence-electron chi connectivity index (χ4n) is 1.68. The van der Waals surface area contributed by atoms with Crippen molar-refractivity contribution in [1.29, 1.82) is 5.26 Å². The molecule has 0 radical (unpaired) electrons. The maximum absolute atomic E-state index is 8.68. The minimum atomic E-state index is -0.0354. The van der Waals surface area contributed by atoms with Crippen LogP contribution in [0.15, 0.2) is 30.3 Å². The van der Waals surface area contributed by atoms with Gasteiger partial charge in [0.25, 0.3) is 0 Å². The first kappa shape index (κ1) is 14.3. The highest BCUT2D eigenvalue weighted by Crippen LogP contribution is 2.16. The van der Waals surface area contributed by atoms with Crippen LogP contribution < -0.4 is 4.74 Å². The largest absolute Gasteiger partial charge is 0.497 e. The Morgan fingerprint density at radius 2 is 1.94 bits per heavy atom. The van der Waals surface area contributed by atoms with E-state index in [0.29, 0.717) is 6.42 Å². The van der Waals surface area contributed by atoms with Gasteiger partial charge in [-0.3, -0.25) is 0 Å². The van der Waals surface area contributed by atoms with Crippen LogP contribution in [-0.4, -0.2) is 20.3 Å². The fourth-order valence-corrected chi connectivity index (χ4v) is 1.68. The van der Waals surface area contributed by atoms with Crippen LogP contribution in [-0.2, 0) is 4.74 Å². The van der Waals surface area contributed by atoms with Gasteiger partial charge in [0.2, 0.25) is 0 Å². The molecule has 0 saturated carbocycles. The Balaban J connectivity index is 2.68. The van der Waals surface area contributed by atoms with Crippen molar-refractivity contribution in [1.82, 2.24) is 0 Å². The lowest BCUT2D eigenvalue weighted by Gasteiger charge is -2.16. The molecular weight excluding hydrogens is 226 g/mol. The van der Waals surface area contributed by atoms with Gasteiger partial charge in [0.1, 0.15) is 5.75 Å². The summed E-state index contributed by atoms with van der Waals surface area (Å²) in [6.45, 7) is 2.01. The van der Waals surface area contributed by atoms with Gasteiger partial charge < -0.3 is 9.47 Å². The lowest BCUT2D eigenvalue weighted by Crippen LogP contribution is -2.17. The number of rotatable bonds is 6. The predicted molar refractivity (Wildman–Crippen MR) is 72.2 cm³/mol. The molecule has 0 aliphatic heterocycles. The molecule has 0 bridgehead atoms. The molecule has 1 aromatic rings. The Morgan fingerprint density at radius 1 is 1.28 bits per heavy atom. The highest BCUT2D eigenvalue weighted by atomic mass is 16.5. The standard InChI is InChI=1S/C15H19NO2/c1-12(10-11-16)15(18-3)9-6-13-4-7-14(17-2)8-5-13/h4-9,12,15H,10H2,1-3H3/b9-6+/t12-,15-/m1/s1. The molecule has 18 heavy (non-hydrogen) atoms. The molecule has 0 unspecified atom stereocenters. The van der Waals surface area contributed by atoms with Crippen LogP contribution in [0.5, 0.6) is 5.75 Å². The van der Waals surface area contributed by atoms with Gasteiger partial charge in [-0.2, -0.15) is 5.26 Å². The minimum Gasteiger partial charge on any atom is -0.497 e. The fraction of sp³-hybridized carbons (Fsp3) is 0.400. The van der Waals surface area contributed by atoms with Crippen molar-refractivity contribution in [2.75, 3.05) is 14.2 Å². The van der Waals surface area contributed by atoms with E-state index in [-0.39, 0.29) is 12.0 Å². The number of nitriles is 1. The van der Waals surface area contributed by atoms with E-state index in [1.165, 1.54) is 0 Å². The van der Waals surface area contributed by atoms with Gasteiger partial charge in [-0.05, 0) is 23.6 Å². The number of hydrogen-bond acceptors (Lipinski definition) is 3. The first-order chi connectivity index (χ1) is 8.71. The third kappa shape index (κ3) is 4.23. The molecule has 1 rings (SSSR count). The van der Waals surface area contributed by atoms with Crippen LogP contribution in [0, 0.1) is 17.2 Å². The van der Waals surface area contributed by atoms with E-state index in [2.05, 4.69) is 6.07 Å². The zero-order valence-corrected chi connectivity index (χ0v) is 11.1. The molecule has 0 heterocycles. The van der Waals surface area contributed by atoms with Gasteiger partial charge in [-0.25, -0.2) is 0 Å². The Hall–Kier alpha value is -1.79. The number of benzene rings is 1. The van der Waals surface area contributed by atoms with Crippen LogP contribution in [0.3, 0.4) is 0 Å².